The largest absolute Gasteiger partial charge is 0.432 e. The van der Waals surface area contributed by atoms with Gasteiger partial charge in [-0.2, -0.15) is 18.3 Å². The molecule has 0 bridgehead atoms. The number of carbonyl (C=O) groups excluding carboxylic acids is 1. The van der Waals surface area contributed by atoms with Crippen molar-refractivity contribution in [3.63, 3.8) is 0 Å². The summed E-state index contributed by atoms with van der Waals surface area (Å²) in [6.07, 6.45) is -4.47. The number of anilines is 1. The minimum absolute atomic E-state index is 0.133. The fraction of sp³-hybridized carbons (Fsp3) is 0.200. The van der Waals surface area contributed by atoms with E-state index in [1.54, 1.807) is 24.3 Å². The summed E-state index contributed by atoms with van der Waals surface area (Å²) in [6, 6.07) is 15.3. The minimum atomic E-state index is -4.47. The number of rotatable bonds is 3. The van der Waals surface area contributed by atoms with Gasteiger partial charge in [0.25, 0.3) is 0 Å². The Balaban J connectivity index is 1.48. The number of hydrogen-bond donors (Lipinski definition) is 3. The fourth-order valence-electron chi connectivity index (χ4n) is 3.30. The Hall–Kier alpha value is -3.13. The van der Waals surface area contributed by atoms with E-state index in [0.717, 1.165) is 23.7 Å². The highest BCUT2D eigenvalue weighted by Crippen LogP contribution is 2.31. The van der Waals surface area contributed by atoms with Gasteiger partial charge in [-0.15, -0.1) is 0 Å². The van der Waals surface area contributed by atoms with Crippen LogP contribution in [-0.4, -0.2) is 22.6 Å². The average Bonchev–Trinajstić information content (AvgIpc) is 3.19. The van der Waals surface area contributed by atoms with Gasteiger partial charge >= 0.3 is 6.18 Å². The first-order chi connectivity index (χ1) is 13.4. The van der Waals surface area contributed by atoms with Gasteiger partial charge in [0.05, 0.1) is 11.6 Å². The summed E-state index contributed by atoms with van der Waals surface area (Å²) < 4.78 is 38.0. The molecule has 2 aromatic carbocycles. The standard InChI is InChI=1S/C20H17F3N4O/c21-20(22,23)18-9-17(26-27-18)12-5-7-14(8-6-12)25-19(28)16-11-24-10-13-3-1-2-4-15(13)16/h1-9,16,24H,10-11H2,(H,25,28)(H,26,27). The molecular formula is C20H17F3N4O. The molecule has 0 aliphatic carbocycles. The molecule has 0 spiro atoms. The van der Waals surface area contributed by atoms with E-state index < -0.39 is 11.9 Å². The van der Waals surface area contributed by atoms with Gasteiger partial charge in [0.15, 0.2) is 0 Å². The lowest BCUT2D eigenvalue weighted by molar-refractivity contribution is -0.141. The third kappa shape index (κ3) is 3.63. The highest BCUT2D eigenvalue weighted by Gasteiger charge is 2.33. The molecule has 5 nitrogen and oxygen atoms in total. The first-order valence-electron chi connectivity index (χ1n) is 8.74. The summed E-state index contributed by atoms with van der Waals surface area (Å²) in [5.74, 6) is -0.433. The SMILES string of the molecule is O=C(Nc1ccc(-c2cc(C(F)(F)F)[nH]n2)cc1)C1CNCc2ccccc21. The first-order valence-corrected chi connectivity index (χ1v) is 8.74. The van der Waals surface area contributed by atoms with Crippen molar-refractivity contribution in [3.8, 4) is 11.3 Å². The molecule has 1 aliphatic heterocycles. The zero-order chi connectivity index (χ0) is 19.7. The van der Waals surface area contributed by atoms with Crippen molar-refractivity contribution in [2.24, 2.45) is 0 Å². The molecule has 1 aromatic heterocycles. The number of H-pyrrole nitrogens is 1. The second kappa shape index (κ2) is 7.12. The van der Waals surface area contributed by atoms with Crippen LogP contribution in [0.25, 0.3) is 11.3 Å². The highest BCUT2D eigenvalue weighted by molar-refractivity contribution is 5.96. The molecule has 28 heavy (non-hydrogen) atoms. The van der Waals surface area contributed by atoms with E-state index >= 15 is 0 Å². The van der Waals surface area contributed by atoms with Crippen LogP contribution in [0.4, 0.5) is 18.9 Å². The molecule has 0 radical (unpaired) electrons. The van der Waals surface area contributed by atoms with E-state index in [-0.39, 0.29) is 17.5 Å². The number of benzene rings is 2. The fourth-order valence-corrected chi connectivity index (χ4v) is 3.30. The van der Waals surface area contributed by atoms with Gasteiger partial charge in [-0.3, -0.25) is 9.89 Å². The number of halogens is 3. The molecule has 1 unspecified atom stereocenters. The van der Waals surface area contributed by atoms with Crippen LogP contribution in [0.15, 0.2) is 54.6 Å². The molecule has 3 aromatic rings. The van der Waals surface area contributed by atoms with E-state index in [2.05, 4.69) is 15.7 Å². The third-order valence-electron chi connectivity index (χ3n) is 4.74. The number of amides is 1. The normalized spacial score (nSPS) is 16.5. The maximum absolute atomic E-state index is 12.7. The van der Waals surface area contributed by atoms with Crippen LogP contribution in [-0.2, 0) is 17.5 Å². The van der Waals surface area contributed by atoms with E-state index in [4.69, 9.17) is 0 Å². The summed E-state index contributed by atoms with van der Waals surface area (Å²) >= 11 is 0. The average molecular weight is 386 g/mol. The zero-order valence-electron chi connectivity index (χ0n) is 14.7. The molecule has 4 rings (SSSR count). The van der Waals surface area contributed by atoms with E-state index in [1.807, 2.05) is 29.4 Å². The van der Waals surface area contributed by atoms with Crippen LogP contribution in [0.5, 0.6) is 0 Å². The summed E-state index contributed by atoms with van der Waals surface area (Å²) in [7, 11) is 0. The van der Waals surface area contributed by atoms with Gasteiger partial charge < -0.3 is 10.6 Å². The number of carbonyl (C=O) groups is 1. The molecule has 8 heteroatoms. The first kappa shape index (κ1) is 18.2. The Kier molecular flexibility index (Phi) is 4.64. The third-order valence-corrected chi connectivity index (χ3v) is 4.74. The van der Waals surface area contributed by atoms with Gasteiger partial charge in [0, 0.05) is 24.3 Å². The maximum Gasteiger partial charge on any atom is 0.432 e. The number of aromatic nitrogens is 2. The van der Waals surface area contributed by atoms with Crippen LogP contribution in [0.1, 0.15) is 22.7 Å². The van der Waals surface area contributed by atoms with Crippen LogP contribution in [0, 0.1) is 0 Å². The van der Waals surface area contributed by atoms with Crippen molar-refractivity contribution >= 4 is 11.6 Å². The van der Waals surface area contributed by atoms with Crippen molar-refractivity contribution < 1.29 is 18.0 Å². The monoisotopic (exact) mass is 386 g/mol. The molecule has 0 fully saturated rings. The number of alkyl halides is 3. The summed E-state index contributed by atoms with van der Waals surface area (Å²) in [6.45, 7) is 1.28. The Morgan fingerprint density at radius 1 is 1.11 bits per heavy atom. The van der Waals surface area contributed by atoms with Crippen molar-refractivity contribution in [2.75, 3.05) is 11.9 Å². The van der Waals surface area contributed by atoms with E-state index in [0.29, 0.717) is 17.8 Å². The van der Waals surface area contributed by atoms with Crippen LogP contribution >= 0.6 is 0 Å². The quantitative estimate of drug-likeness (QED) is 0.639. The van der Waals surface area contributed by atoms with Gasteiger partial charge in [-0.05, 0) is 29.3 Å². The topological polar surface area (TPSA) is 69.8 Å². The second-order valence-corrected chi connectivity index (χ2v) is 6.61. The lowest BCUT2D eigenvalue weighted by Crippen LogP contribution is -2.35. The summed E-state index contributed by atoms with van der Waals surface area (Å²) in [5.41, 5.74) is 2.49. The predicted octanol–water partition coefficient (Wildman–Crippen LogP) is 3.92. The molecule has 1 atom stereocenters. The Labute approximate surface area is 159 Å². The molecule has 0 saturated heterocycles. The van der Waals surface area contributed by atoms with Crippen molar-refractivity contribution in [1.29, 1.82) is 0 Å². The number of nitrogens with zero attached hydrogens (tertiary/aromatic N) is 1. The molecular weight excluding hydrogens is 369 g/mol. The highest BCUT2D eigenvalue weighted by atomic mass is 19.4. The van der Waals surface area contributed by atoms with Crippen molar-refractivity contribution in [1.82, 2.24) is 15.5 Å². The Morgan fingerprint density at radius 2 is 1.86 bits per heavy atom. The van der Waals surface area contributed by atoms with Crippen LogP contribution in [0.2, 0.25) is 0 Å². The smallest absolute Gasteiger partial charge is 0.326 e. The molecule has 144 valence electrons. The van der Waals surface area contributed by atoms with Crippen molar-refractivity contribution in [3.05, 3.63) is 71.4 Å². The van der Waals surface area contributed by atoms with E-state index in [9.17, 15) is 18.0 Å². The number of hydrogen-bond acceptors (Lipinski definition) is 3. The Morgan fingerprint density at radius 3 is 2.57 bits per heavy atom. The lowest BCUT2D eigenvalue weighted by Gasteiger charge is -2.25. The molecule has 2 heterocycles. The number of fused-ring (bicyclic) bond motifs is 1. The number of aromatic amines is 1. The maximum atomic E-state index is 12.7. The Bertz CT molecular complexity index is 995. The molecule has 1 aliphatic rings. The zero-order valence-corrected chi connectivity index (χ0v) is 14.7. The number of nitrogens with one attached hydrogen (secondary N) is 3. The van der Waals surface area contributed by atoms with Crippen LogP contribution < -0.4 is 10.6 Å². The molecule has 0 saturated carbocycles. The molecule has 3 N–H and O–H groups in total. The summed E-state index contributed by atoms with van der Waals surface area (Å²) in [5, 5.41) is 11.8. The lowest BCUT2D eigenvalue weighted by atomic mass is 9.90. The van der Waals surface area contributed by atoms with Gasteiger partial charge in [0.1, 0.15) is 5.69 Å². The van der Waals surface area contributed by atoms with Crippen molar-refractivity contribution in [2.45, 2.75) is 18.6 Å². The van der Waals surface area contributed by atoms with Crippen LogP contribution in [0.3, 0.4) is 0 Å². The van der Waals surface area contributed by atoms with Gasteiger partial charge in [-0.1, -0.05) is 36.4 Å². The second-order valence-electron chi connectivity index (χ2n) is 6.61. The van der Waals surface area contributed by atoms with Gasteiger partial charge in [0.2, 0.25) is 5.91 Å². The summed E-state index contributed by atoms with van der Waals surface area (Å²) in [4.78, 5) is 12.7. The van der Waals surface area contributed by atoms with Gasteiger partial charge in [-0.25, -0.2) is 0 Å². The van der Waals surface area contributed by atoms with E-state index in [1.165, 1.54) is 0 Å². The minimum Gasteiger partial charge on any atom is -0.326 e. The predicted molar refractivity (Wildman–Crippen MR) is 98.5 cm³/mol. The molecule has 1 amide bonds.